The lowest BCUT2D eigenvalue weighted by Gasteiger charge is -2.52. The molecular weight excluding hydrogens is 314 g/mol. The zero-order valence-electron chi connectivity index (χ0n) is 13.2. The molecule has 2 aromatic rings. The van der Waals surface area contributed by atoms with Crippen molar-refractivity contribution in [3.05, 3.63) is 23.0 Å². The van der Waals surface area contributed by atoms with E-state index in [4.69, 9.17) is 9.47 Å². The molecule has 0 radical (unpaired) electrons. The van der Waals surface area contributed by atoms with Crippen molar-refractivity contribution in [1.29, 1.82) is 0 Å². The second-order valence-corrected chi connectivity index (χ2v) is 7.36. The Morgan fingerprint density at radius 3 is 2.96 bits per heavy atom. The van der Waals surface area contributed by atoms with Crippen LogP contribution in [0.15, 0.2) is 12.3 Å². The SMILES string of the molecule is Cc1ccnc(O[C@@H]2CCOC3(C2)CN(c2nnc(C)s2)C3)n1. The monoisotopic (exact) mass is 333 g/mol. The highest BCUT2D eigenvalue weighted by molar-refractivity contribution is 7.15. The second-order valence-electron chi connectivity index (χ2n) is 6.20. The molecule has 0 aromatic carbocycles. The third-order valence-electron chi connectivity index (χ3n) is 4.24. The van der Waals surface area contributed by atoms with Crippen molar-refractivity contribution in [3.8, 4) is 6.01 Å². The summed E-state index contributed by atoms with van der Waals surface area (Å²) >= 11 is 1.62. The zero-order valence-corrected chi connectivity index (χ0v) is 14.0. The summed E-state index contributed by atoms with van der Waals surface area (Å²) in [6, 6.07) is 2.33. The summed E-state index contributed by atoms with van der Waals surface area (Å²) in [5.74, 6) is 0. The predicted molar refractivity (Wildman–Crippen MR) is 86.0 cm³/mol. The molecule has 23 heavy (non-hydrogen) atoms. The summed E-state index contributed by atoms with van der Waals surface area (Å²) in [7, 11) is 0. The molecule has 122 valence electrons. The fourth-order valence-electron chi connectivity index (χ4n) is 3.13. The molecule has 0 amide bonds. The fourth-order valence-corrected chi connectivity index (χ4v) is 3.82. The molecule has 2 aliphatic heterocycles. The highest BCUT2D eigenvalue weighted by Crippen LogP contribution is 2.38. The van der Waals surface area contributed by atoms with Crippen LogP contribution < -0.4 is 9.64 Å². The predicted octanol–water partition coefficient (Wildman–Crippen LogP) is 1.76. The van der Waals surface area contributed by atoms with Crippen molar-refractivity contribution < 1.29 is 9.47 Å². The molecule has 0 saturated carbocycles. The minimum Gasteiger partial charge on any atom is -0.460 e. The summed E-state index contributed by atoms with van der Waals surface area (Å²) in [5.41, 5.74) is 0.782. The van der Waals surface area contributed by atoms with Crippen LogP contribution >= 0.6 is 11.3 Å². The first-order chi connectivity index (χ1) is 11.1. The number of hydrogen-bond acceptors (Lipinski definition) is 8. The van der Waals surface area contributed by atoms with E-state index in [0.29, 0.717) is 12.6 Å². The highest BCUT2D eigenvalue weighted by Gasteiger charge is 2.49. The maximum absolute atomic E-state index is 6.05. The van der Waals surface area contributed by atoms with E-state index in [1.165, 1.54) is 0 Å². The van der Waals surface area contributed by atoms with E-state index in [2.05, 4.69) is 25.1 Å². The Morgan fingerprint density at radius 1 is 1.35 bits per heavy atom. The number of nitrogens with zero attached hydrogens (tertiary/aromatic N) is 5. The van der Waals surface area contributed by atoms with Crippen LogP contribution in [0.5, 0.6) is 6.01 Å². The van der Waals surface area contributed by atoms with Crippen LogP contribution in [-0.4, -0.2) is 51.6 Å². The van der Waals surface area contributed by atoms with Crippen molar-refractivity contribution in [2.24, 2.45) is 0 Å². The number of aromatic nitrogens is 4. The molecule has 2 saturated heterocycles. The lowest BCUT2D eigenvalue weighted by molar-refractivity contribution is -0.127. The zero-order chi connectivity index (χ0) is 15.9. The molecule has 2 aromatic heterocycles. The van der Waals surface area contributed by atoms with Gasteiger partial charge in [-0.05, 0) is 19.9 Å². The molecule has 0 aliphatic carbocycles. The minimum atomic E-state index is -0.133. The van der Waals surface area contributed by atoms with E-state index >= 15 is 0 Å². The van der Waals surface area contributed by atoms with Crippen molar-refractivity contribution in [1.82, 2.24) is 20.2 Å². The maximum atomic E-state index is 6.05. The molecule has 7 nitrogen and oxygen atoms in total. The molecule has 0 bridgehead atoms. The van der Waals surface area contributed by atoms with Crippen molar-refractivity contribution in [3.63, 3.8) is 0 Å². The van der Waals surface area contributed by atoms with Gasteiger partial charge in [0.2, 0.25) is 5.13 Å². The lowest BCUT2D eigenvalue weighted by atomic mass is 9.85. The molecule has 0 N–H and O–H groups in total. The largest absolute Gasteiger partial charge is 0.460 e. The average molecular weight is 333 g/mol. The van der Waals surface area contributed by atoms with Gasteiger partial charge in [-0.15, -0.1) is 10.2 Å². The number of ether oxygens (including phenoxy) is 2. The molecule has 1 spiro atoms. The Hall–Kier alpha value is -1.80. The Bertz CT molecular complexity index is 701. The van der Waals surface area contributed by atoms with Gasteiger partial charge in [-0.1, -0.05) is 11.3 Å². The first-order valence-corrected chi connectivity index (χ1v) is 8.59. The standard InChI is InChI=1S/C15H19N5O2S/c1-10-3-5-16-13(17-10)22-12-4-6-21-15(7-12)8-20(9-15)14-19-18-11(2)23-14/h3,5,12H,4,6-9H2,1-2H3/t12-/m1/s1. The van der Waals surface area contributed by atoms with Gasteiger partial charge in [0.15, 0.2) is 0 Å². The van der Waals surface area contributed by atoms with Gasteiger partial charge in [0.1, 0.15) is 16.7 Å². The Balaban J connectivity index is 1.38. The van der Waals surface area contributed by atoms with Crippen LogP contribution in [-0.2, 0) is 4.74 Å². The molecule has 4 heterocycles. The van der Waals surface area contributed by atoms with Crippen LogP contribution in [0.1, 0.15) is 23.5 Å². The number of aryl methyl sites for hydroxylation is 2. The van der Waals surface area contributed by atoms with Crippen LogP contribution in [0.3, 0.4) is 0 Å². The van der Waals surface area contributed by atoms with Crippen LogP contribution in [0.2, 0.25) is 0 Å². The van der Waals surface area contributed by atoms with E-state index in [1.807, 2.05) is 19.9 Å². The van der Waals surface area contributed by atoms with Crippen molar-refractivity contribution in [2.45, 2.75) is 38.4 Å². The van der Waals surface area contributed by atoms with Gasteiger partial charge in [-0.3, -0.25) is 0 Å². The van der Waals surface area contributed by atoms with E-state index in [0.717, 1.165) is 41.8 Å². The quantitative estimate of drug-likeness (QED) is 0.847. The average Bonchev–Trinajstić information content (AvgIpc) is 2.91. The van der Waals surface area contributed by atoms with Gasteiger partial charge >= 0.3 is 6.01 Å². The van der Waals surface area contributed by atoms with Gasteiger partial charge in [0, 0.05) is 24.7 Å². The smallest absolute Gasteiger partial charge is 0.316 e. The maximum Gasteiger partial charge on any atom is 0.316 e. The second kappa shape index (κ2) is 5.68. The Morgan fingerprint density at radius 2 is 2.22 bits per heavy atom. The third-order valence-corrected chi connectivity index (χ3v) is 5.14. The summed E-state index contributed by atoms with van der Waals surface area (Å²) in [6.45, 7) is 6.30. The van der Waals surface area contributed by atoms with E-state index in [1.54, 1.807) is 17.5 Å². The lowest BCUT2D eigenvalue weighted by Crippen LogP contribution is -2.66. The molecule has 2 aliphatic rings. The molecule has 1 atom stereocenters. The van der Waals surface area contributed by atoms with E-state index in [9.17, 15) is 0 Å². The first kappa shape index (κ1) is 14.8. The van der Waals surface area contributed by atoms with Gasteiger partial charge < -0.3 is 14.4 Å². The molecule has 4 rings (SSSR count). The Kier molecular flexibility index (Phi) is 3.65. The molecular formula is C15H19N5O2S. The summed E-state index contributed by atoms with van der Waals surface area (Å²) in [6.07, 6.45) is 3.56. The van der Waals surface area contributed by atoms with Gasteiger partial charge in [-0.25, -0.2) is 9.97 Å². The normalized spacial score (nSPS) is 22.9. The number of rotatable bonds is 3. The van der Waals surface area contributed by atoms with E-state index in [-0.39, 0.29) is 11.7 Å². The molecule has 2 fully saturated rings. The van der Waals surface area contributed by atoms with Crippen LogP contribution in [0.4, 0.5) is 5.13 Å². The van der Waals surface area contributed by atoms with Gasteiger partial charge in [0.05, 0.1) is 19.7 Å². The summed E-state index contributed by atoms with van der Waals surface area (Å²) in [5, 5.41) is 10.2. The number of anilines is 1. The van der Waals surface area contributed by atoms with Gasteiger partial charge in [-0.2, -0.15) is 0 Å². The van der Waals surface area contributed by atoms with Crippen molar-refractivity contribution in [2.75, 3.05) is 24.6 Å². The minimum absolute atomic E-state index is 0.101. The third kappa shape index (κ3) is 3.00. The van der Waals surface area contributed by atoms with Crippen LogP contribution in [0.25, 0.3) is 0 Å². The fraction of sp³-hybridized carbons (Fsp3) is 0.600. The molecule has 8 heteroatoms. The number of hydrogen-bond donors (Lipinski definition) is 0. The summed E-state index contributed by atoms with van der Waals surface area (Å²) in [4.78, 5) is 10.7. The Labute approximate surface area is 138 Å². The van der Waals surface area contributed by atoms with E-state index < -0.39 is 0 Å². The molecule has 0 unspecified atom stereocenters. The first-order valence-electron chi connectivity index (χ1n) is 7.77. The highest BCUT2D eigenvalue weighted by atomic mass is 32.1. The summed E-state index contributed by atoms with van der Waals surface area (Å²) < 4.78 is 12.0. The van der Waals surface area contributed by atoms with Crippen molar-refractivity contribution >= 4 is 16.5 Å². The van der Waals surface area contributed by atoms with Gasteiger partial charge in [0.25, 0.3) is 0 Å². The topological polar surface area (TPSA) is 73.3 Å². The van der Waals surface area contributed by atoms with Crippen LogP contribution in [0, 0.1) is 13.8 Å².